The number of rotatable bonds is 21. The van der Waals surface area contributed by atoms with Gasteiger partial charge in [0.2, 0.25) is 0 Å². The molecule has 1 unspecified atom stereocenters. The number of unbranched alkanes of at least 4 members (excludes halogenated alkanes) is 13. The normalized spacial score (nSPS) is 16.7. The molecule has 0 aromatic carbocycles. The summed E-state index contributed by atoms with van der Waals surface area (Å²) in [4.78, 5) is 2.41. The highest BCUT2D eigenvalue weighted by atomic mass is 31.2. The molecule has 0 amide bonds. The molecule has 1 atom stereocenters. The number of likely N-dealkylation sites (tertiary alicyclic amines) is 1. The lowest BCUT2D eigenvalue weighted by Gasteiger charge is -2.32. The summed E-state index contributed by atoms with van der Waals surface area (Å²) in [6.07, 6.45) is 23.6. The van der Waals surface area contributed by atoms with Crippen molar-refractivity contribution in [1.29, 1.82) is 0 Å². The first-order valence-corrected chi connectivity index (χ1v) is 13.9. The van der Waals surface area contributed by atoms with Crippen LogP contribution in [0.5, 0.6) is 0 Å². The molecule has 0 spiro atoms. The average Bonchev–Trinajstić information content (AvgIpc) is 2.77. The largest absolute Gasteiger partial charge is 0.332 e. The van der Waals surface area contributed by atoms with E-state index in [1.807, 2.05) is 6.08 Å². The number of nitrogens with zero attached hydrogens (tertiary/aromatic N) is 1. The van der Waals surface area contributed by atoms with E-state index in [1.165, 1.54) is 83.5 Å². The maximum absolute atomic E-state index is 6.05. The molecule has 1 aliphatic rings. The molecular formula is C25H50NO3P. The van der Waals surface area contributed by atoms with Crippen LogP contribution in [0.1, 0.15) is 110 Å². The third kappa shape index (κ3) is 15.8. The second kappa shape index (κ2) is 20.9. The fourth-order valence-corrected chi connectivity index (χ4v) is 5.05. The van der Waals surface area contributed by atoms with Crippen LogP contribution in [-0.4, -0.2) is 44.4 Å². The van der Waals surface area contributed by atoms with E-state index in [0.29, 0.717) is 0 Å². The molecule has 1 heterocycles. The number of hydrogen-bond acceptors (Lipinski definition) is 4. The van der Waals surface area contributed by atoms with Crippen LogP contribution < -0.4 is 0 Å². The van der Waals surface area contributed by atoms with Crippen LogP contribution in [0, 0.1) is 0 Å². The second-order valence-corrected chi connectivity index (χ2v) is 10.0. The van der Waals surface area contributed by atoms with Crippen molar-refractivity contribution in [1.82, 2.24) is 4.90 Å². The molecule has 5 heteroatoms. The minimum absolute atomic E-state index is 0.272. The van der Waals surface area contributed by atoms with E-state index >= 15 is 0 Å². The Hall–Kier alpha value is 0.0100. The first-order valence-electron chi connectivity index (χ1n) is 12.8. The monoisotopic (exact) mass is 443 g/mol. The van der Waals surface area contributed by atoms with Crippen LogP contribution in [0.4, 0.5) is 0 Å². The molecule has 1 saturated heterocycles. The van der Waals surface area contributed by atoms with Crippen molar-refractivity contribution < 1.29 is 13.6 Å². The predicted molar refractivity (Wildman–Crippen MR) is 131 cm³/mol. The van der Waals surface area contributed by atoms with Crippen molar-refractivity contribution in [3.63, 3.8) is 0 Å². The van der Waals surface area contributed by atoms with Gasteiger partial charge in [-0.1, -0.05) is 96.5 Å². The average molecular weight is 444 g/mol. The van der Waals surface area contributed by atoms with Crippen LogP contribution >= 0.6 is 8.60 Å². The molecule has 4 nitrogen and oxygen atoms in total. The molecule has 0 N–H and O–H groups in total. The highest BCUT2D eigenvalue weighted by Gasteiger charge is 2.23. The maximum atomic E-state index is 6.05. The maximum Gasteiger partial charge on any atom is 0.332 e. The van der Waals surface area contributed by atoms with Crippen molar-refractivity contribution in [2.75, 3.05) is 33.4 Å². The number of piperidine rings is 1. The topological polar surface area (TPSA) is 30.9 Å². The molecule has 0 aromatic heterocycles. The standard InChI is InChI=1S/C25H50NO3P/c1-4-6-7-8-9-10-11-12-13-14-15-16-17-18-24-28-30(27-3)29-25-19-22-26(21-5-2)23-20-25/h5,25H,2,4,6-24H2,1,3H3. The Morgan fingerprint density at radius 2 is 1.33 bits per heavy atom. The van der Waals surface area contributed by atoms with Crippen molar-refractivity contribution >= 4 is 8.60 Å². The van der Waals surface area contributed by atoms with E-state index in [9.17, 15) is 0 Å². The number of hydrogen-bond donors (Lipinski definition) is 0. The van der Waals surface area contributed by atoms with E-state index in [0.717, 1.165) is 45.5 Å². The van der Waals surface area contributed by atoms with Crippen LogP contribution in [0.3, 0.4) is 0 Å². The van der Waals surface area contributed by atoms with Crippen LogP contribution in [-0.2, 0) is 13.6 Å². The fourth-order valence-electron chi connectivity index (χ4n) is 4.06. The van der Waals surface area contributed by atoms with Crippen LogP contribution in [0.25, 0.3) is 0 Å². The van der Waals surface area contributed by atoms with Gasteiger partial charge in [-0.25, -0.2) is 0 Å². The summed E-state index contributed by atoms with van der Waals surface area (Å²) < 4.78 is 17.4. The molecule has 178 valence electrons. The van der Waals surface area contributed by atoms with Gasteiger partial charge in [-0.3, -0.25) is 4.90 Å². The SMILES string of the molecule is C=CCN1CCC(OP(OC)OCCCCCCCCCCCCCCCC)CC1. The summed E-state index contributed by atoms with van der Waals surface area (Å²) in [5, 5.41) is 0. The van der Waals surface area contributed by atoms with E-state index in [-0.39, 0.29) is 6.10 Å². The first-order chi connectivity index (χ1) is 14.8. The van der Waals surface area contributed by atoms with Gasteiger partial charge in [-0.05, 0) is 19.3 Å². The zero-order valence-corrected chi connectivity index (χ0v) is 21.0. The van der Waals surface area contributed by atoms with Crippen LogP contribution in [0.2, 0.25) is 0 Å². The Kier molecular flexibility index (Phi) is 19.5. The summed E-state index contributed by atoms with van der Waals surface area (Å²) in [7, 11) is 0.514. The summed E-state index contributed by atoms with van der Waals surface area (Å²) in [5.41, 5.74) is 0. The van der Waals surface area contributed by atoms with Gasteiger partial charge in [0.1, 0.15) is 0 Å². The zero-order valence-electron chi connectivity index (χ0n) is 20.1. The van der Waals surface area contributed by atoms with Gasteiger partial charge in [0.15, 0.2) is 0 Å². The minimum atomic E-state index is -1.18. The smallest absolute Gasteiger partial charge is 0.316 e. The minimum Gasteiger partial charge on any atom is -0.316 e. The Morgan fingerprint density at radius 1 is 0.833 bits per heavy atom. The molecule has 0 saturated carbocycles. The van der Waals surface area contributed by atoms with Crippen molar-refractivity contribution in [2.45, 2.75) is 116 Å². The molecule has 1 rings (SSSR count). The van der Waals surface area contributed by atoms with Crippen LogP contribution in [0.15, 0.2) is 12.7 Å². The molecule has 0 aliphatic carbocycles. The zero-order chi connectivity index (χ0) is 21.7. The molecule has 30 heavy (non-hydrogen) atoms. The quantitative estimate of drug-likeness (QED) is 0.102. The highest BCUT2D eigenvalue weighted by molar-refractivity contribution is 7.41. The molecule has 1 aliphatic heterocycles. The van der Waals surface area contributed by atoms with Gasteiger partial charge in [-0.2, -0.15) is 0 Å². The Morgan fingerprint density at radius 3 is 1.80 bits per heavy atom. The Balaban J connectivity index is 1.85. The Bertz CT molecular complexity index is 375. The lowest BCUT2D eigenvalue weighted by Crippen LogP contribution is -2.36. The van der Waals surface area contributed by atoms with Crippen molar-refractivity contribution in [2.24, 2.45) is 0 Å². The first kappa shape index (κ1) is 28.0. The summed E-state index contributed by atoms with van der Waals surface area (Å²) >= 11 is 0. The lowest BCUT2D eigenvalue weighted by molar-refractivity contribution is 0.0772. The van der Waals surface area contributed by atoms with E-state index in [1.54, 1.807) is 7.11 Å². The van der Waals surface area contributed by atoms with Gasteiger partial charge in [0.05, 0.1) is 12.7 Å². The van der Waals surface area contributed by atoms with Crippen molar-refractivity contribution in [3.8, 4) is 0 Å². The molecule has 1 fully saturated rings. The lowest BCUT2D eigenvalue weighted by atomic mass is 10.0. The summed E-state index contributed by atoms with van der Waals surface area (Å²) in [6, 6.07) is 0. The predicted octanol–water partition coefficient (Wildman–Crippen LogP) is 8.02. The molecule has 0 bridgehead atoms. The fraction of sp³-hybridized carbons (Fsp3) is 0.920. The Labute approximate surface area is 189 Å². The van der Waals surface area contributed by atoms with E-state index < -0.39 is 8.60 Å². The molecule has 0 radical (unpaired) electrons. The molecular weight excluding hydrogens is 393 g/mol. The van der Waals surface area contributed by atoms with Gasteiger partial charge < -0.3 is 13.6 Å². The third-order valence-electron chi connectivity index (χ3n) is 6.00. The van der Waals surface area contributed by atoms with Gasteiger partial charge in [0.25, 0.3) is 0 Å². The summed E-state index contributed by atoms with van der Waals surface area (Å²) in [6.45, 7) is 9.98. The molecule has 0 aromatic rings. The van der Waals surface area contributed by atoms with Gasteiger partial charge in [-0.15, -0.1) is 6.58 Å². The third-order valence-corrected chi connectivity index (χ3v) is 7.16. The van der Waals surface area contributed by atoms with E-state index in [4.69, 9.17) is 13.6 Å². The second-order valence-electron chi connectivity index (χ2n) is 8.73. The van der Waals surface area contributed by atoms with Crippen molar-refractivity contribution in [3.05, 3.63) is 12.7 Å². The highest BCUT2D eigenvalue weighted by Crippen LogP contribution is 2.42. The van der Waals surface area contributed by atoms with E-state index in [2.05, 4.69) is 18.4 Å². The summed E-state index contributed by atoms with van der Waals surface area (Å²) in [5.74, 6) is 0. The van der Waals surface area contributed by atoms with Gasteiger partial charge >= 0.3 is 8.60 Å². The van der Waals surface area contributed by atoms with Gasteiger partial charge in [0, 0.05) is 26.7 Å².